The van der Waals surface area contributed by atoms with Crippen LogP contribution in [0.2, 0.25) is 0 Å². The maximum Gasteiger partial charge on any atom is 0.268 e. The number of phosphoric ester groups is 3. The summed E-state index contributed by atoms with van der Waals surface area (Å²) >= 11 is 0. The van der Waals surface area contributed by atoms with Gasteiger partial charge in [-0.05, 0) is 24.7 Å². The third kappa shape index (κ3) is 13.0. The van der Waals surface area contributed by atoms with E-state index in [1.807, 2.05) is 20.8 Å². The Labute approximate surface area is 182 Å². The van der Waals surface area contributed by atoms with Crippen molar-refractivity contribution in [2.75, 3.05) is 26.4 Å². The van der Waals surface area contributed by atoms with Gasteiger partial charge in [-0.2, -0.15) is 0 Å². The molecule has 2 radical (unpaired) electrons. The summed E-state index contributed by atoms with van der Waals surface area (Å²) in [4.78, 5) is 44.0. The van der Waals surface area contributed by atoms with Gasteiger partial charge in [0, 0.05) is 6.00 Å². The second kappa shape index (κ2) is 12.2. The monoisotopic (exact) mass is 506 g/mol. The highest BCUT2D eigenvalue weighted by molar-refractivity contribution is 7.46. The fourth-order valence-electron chi connectivity index (χ4n) is 2.60. The number of rotatable bonds is 14. The van der Waals surface area contributed by atoms with Crippen LogP contribution < -0.4 is 19.6 Å². The molecule has 0 N–H and O–H groups in total. The third-order valence-electron chi connectivity index (χ3n) is 3.82. The summed E-state index contributed by atoms with van der Waals surface area (Å²) < 4.78 is 61.9. The first-order chi connectivity index (χ1) is 14.0. The van der Waals surface area contributed by atoms with Gasteiger partial charge in [-0.1, -0.05) is 20.8 Å². The third-order valence-corrected chi connectivity index (χ3v) is 6.34. The lowest BCUT2D eigenvalue weighted by Crippen LogP contribution is -2.37. The van der Waals surface area contributed by atoms with Gasteiger partial charge in [-0.3, -0.25) is 9.13 Å². The Balaban J connectivity index is 2.28. The molecule has 1 saturated heterocycles. The summed E-state index contributed by atoms with van der Waals surface area (Å²) in [5, 5.41) is 0. The minimum Gasteiger partial charge on any atom is -0.790 e. The van der Waals surface area contributed by atoms with Crippen molar-refractivity contribution in [3.63, 3.8) is 0 Å². The molecule has 0 aromatic rings. The highest BCUT2D eigenvalue weighted by Gasteiger charge is 2.42. The summed E-state index contributed by atoms with van der Waals surface area (Å²) in [5.41, 5.74) is -0.419. The van der Waals surface area contributed by atoms with Crippen LogP contribution in [-0.4, -0.2) is 52.5 Å². The zero-order valence-corrected chi connectivity index (χ0v) is 20.1. The number of ether oxygens (including phenoxy) is 1. The molecule has 5 unspecified atom stereocenters. The average Bonchev–Trinajstić information content (AvgIpc) is 2.92. The Kier molecular flexibility index (Phi) is 11.5. The summed E-state index contributed by atoms with van der Waals surface area (Å²) in [6.45, 7) is 3.70. The summed E-state index contributed by atoms with van der Waals surface area (Å²) in [6.07, 6.45) is -1.50. The van der Waals surface area contributed by atoms with Gasteiger partial charge in [0.2, 0.25) is 0 Å². The van der Waals surface area contributed by atoms with Gasteiger partial charge < -0.3 is 51.5 Å². The van der Waals surface area contributed by atoms with Gasteiger partial charge >= 0.3 is 0 Å². The fraction of sp³-hybridized carbons (Fsp3) is 1.00. The molecule has 1 heterocycles. The summed E-state index contributed by atoms with van der Waals surface area (Å²) in [5.74, 6) is 0. The molecule has 0 aromatic heterocycles. The van der Waals surface area contributed by atoms with Gasteiger partial charge in [0.05, 0.1) is 46.5 Å². The molecule has 0 bridgehead atoms. The van der Waals surface area contributed by atoms with E-state index in [0.29, 0.717) is 0 Å². The predicted octanol–water partition coefficient (Wildman–Crippen LogP) is -0.687. The van der Waals surface area contributed by atoms with Crippen LogP contribution in [0, 0.1) is 5.41 Å². The fourth-order valence-corrected chi connectivity index (χ4v) is 4.68. The Morgan fingerprint density at radius 3 is 1.77 bits per heavy atom. The van der Waals surface area contributed by atoms with Crippen LogP contribution >= 0.6 is 23.5 Å². The molecule has 13 nitrogen and oxygen atoms in total. The van der Waals surface area contributed by atoms with Crippen LogP contribution in [0.4, 0.5) is 0 Å². The van der Waals surface area contributed by atoms with Crippen LogP contribution in [0.15, 0.2) is 0 Å². The van der Waals surface area contributed by atoms with Crippen molar-refractivity contribution >= 4 is 31.3 Å². The molecule has 182 valence electrons. The van der Waals surface area contributed by atoms with Crippen LogP contribution in [0.5, 0.6) is 0 Å². The molecule has 1 aliphatic rings. The van der Waals surface area contributed by atoms with E-state index in [9.17, 15) is 33.3 Å². The van der Waals surface area contributed by atoms with Crippen molar-refractivity contribution in [2.24, 2.45) is 5.41 Å². The molecule has 1 fully saturated rings. The van der Waals surface area contributed by atoms with Crippen LogP contribution in [0.3, 0.4) is 0 Å². The molecular formula is C14H26BO13P3-4. The zero-order chi connectivity index (χ0) is 23.9. The highest BCUT2D eigenvalue weighted by atomic mass is 31.2. The van der Waals surface area contributed by atoms with E-state index >= 15 is 0 Å². The molecule has 0 spiro atoms. The molecule has 17 heteroatoms. The normalized spacial score (nSPS) is 26.5. The van der Waals surface area contributed by atoms with Crippen LogP contribution in [0.1, 0.15) is 40.0 Å². The van der Waals surface area contributed by atoms with E-state index < -0.39 is 73.5 Å². The SMILES string of the molecule is [B]C1CC(OP(=O)([O-])OCCCOP(=O)([O-])OCCCOP(=O)([O-])[O-])C(C(C)(C)C)O1. The van der Waals surface area contributed by atoms with Crippen molar-refractivity contribution in [2.45, 2.75) is 58.2 Å². The number of hydrogen-bond donors (Lipinski definition) is 0. The number of phosphoric acid groups is 3. The van der Waals surface area contributed by atoms with Gasteiger partial charge in [-0.25, -0.2) is 0 Å². The van der Waals surface area contributed by atoms with Crippen molar-refractivity contribution in [3.05, 3.63) is 0 Å². The summed E-state index contributed by atoms with van der Waals surface area (Å²) in [7, 11) is -8.82. The van der Waals surface area contributed by atoms with E-state index in [2.05, 4.69) is 13.6 Å². The molecule has 0 saturated carbocycles. The molecule has 1 rings (SSSR count). The largest absolute Gasteiger partial charge is 0.790 e. The average molecular weight is 506 g/mol. The minimum absolute atomic E-state index is 0.118. The molecular weight excluding hydrogens is 480 g/mol. The van der Waals surface area contributed by atoms with Gasteiger partial charge in [0.25, 0.3) is 15.6 Å². The lowest BCUT2D eigenvalue weighted by atomic mass is 9.85. The van der Waals surface area contributed by atoms with Gasteiger partial charge in [0.1, 0.15) is 7.85 Å². The van der Waals surface area contributed by atoms with Gasteiger partial charge in [0.15, 0.2) is 0 Å². The maximum absolute atomic E-state index is 12.0. The van der Waals surface area contributed by atoms with E-state index in [1.54, 1.807) is 0 Å². The standard InChI is InChI=1S/C14H30BO13P3/c1-14(2,3)13-11(10-12(15)27-13)28-31(21,22)26-9-5-8-25-30(19,20)24-7-4-6-23-29(16,17)18/h11-13H,4-10H2,1-3H3,(H,19,20)(H,21,22)(H2,16,17,18)/p-4. The second-order valence-electron chi connectivity index (χ2n) is 7.72. The van der Waals surface area contributed by atoms with Crippen molar-refractivity contribution in [3.8, 4) is 0 Å². The van der Waals surface area contributed by atoms with E-state index in [0.717, 1.165) is 0 Å². The second-order valence-corrected chi connectivity index (χ2v) is 11.6. The van der Waals surface area contributed by atoms with Crippen molar-refractivity contribution in [1.29, 1.82) is 0 Å². The Morgan fingerprint density at radius 2 is 1.32 bits per heavy atom. The topological polar surface area (TPSA) is 199 Å². The number of hydrogen-bond acceptors (Lipinski definition) is 13. The first-order valence-electron chi connectivity index (χ1n) is 9.32. The van der Waals surface area contributed by atoms with Crippen molar-refractivity contribution in [1.82, 2.24) is 0 Å². The van der Waals surface area contributed by atoms with Gasteiger partial charge in [-0.15, -0.1) is 0 Å². The minimum atomic E-state index is -5.13. The van der Waals surface area contributed by atoms with Crippen LogP contribution in [0.25, 0.3) is 0 Å². The lowest BCUT2D eigenvalue weighted by molar-refractivity contribution is -0.341. The Hall–Kier alpha value is 0.355. The first kappa shape index (κ1) is 29.4. The molecule has 0 aromatic carbocycles. The van der Waals surface area contributed by atoms with Crippen LogP contribution in [-0.2, 0) is 41.1 Å². The van der Waals surface area contributed by atoms with Crippen molar-refractivity contribution < 1.29 is 60.6 Å². The molecule has 31 heavy (non-hydrogen) atoms. The molecule has 0 aliphatic carbocycles. The Bertz CT molecular complexity index is 693. The lowest BCUT2D eigenvalue weighted by Gasteiger charge is -2.34. The predicted molar refractivity (Wildman–Crippen MR) is 99.2 cm³/mol. The van der Waals surface area contributed by atoms with E-state index in [4.69, 9.17) is 21.6 Å². The smallest absolute Gasteiger partial charge is 0.268 e. The molecule has 5 atom stereocenters. The van der Waals surface area contributed by atoms with E-state index in [-0.39, 0.29) is 19.3 Å². The molecule has 1 aliphatic heterocycles. The first-order valence-corrected chi connectivity index (χ1v) is 13.7. The maximum atomic E-state index is 12.0. The quantitative estimate of drug-likeness (QED) is 0.163. The summed E-state index contributed by atoms with van der Waals surface area (Å²) in [6, 6.07) is -0.662. The Morgan fingerprint density at radius 1 is 0.871 bits per heavy atom. The van der Waals surface area contributed by atoms with E-state index in [1.165, 1.54) is 0 Å². The highest BCUT2D eigenvalue weighted by Crippen LogP contribution is 2.46. The zero-order valence-electron chi connectivity index (χ0n) is 17.4. The molecule has 0 amide bonds.